The Balaban J connectivity index is 1.45. The molecule has 36 heavy (non-hydrogen) atoms. The first-order valence-corrected chi connectivity index (χ1v) is 13.8. The van der Waals surface area contributed by atoms with E-state index in [-0.39, 0.29) is 17.2 Å². The Labute approximate surface area is 225 Å². The maximum absolute atomic E-state index is 13.4. The molecule has 1 unspecified atom stereocenters. The third-order valence-electron chi connectivity index (χ3n) is 6.35. The van der Waals surface area contributed by atoms with Crippen molar-refractivity contribution in [2.24, 2.45) is 5.41 Å². The van der Waals surface area contributed by atoms with E-state index in [1.807, 2.05) is 35.0 Å². The van der Waals surface area contributed by atoms with Gasteiger partial charge >= 0.3 is 0 Å². The van der Waals surface area contributed by atoms with Gasteiger partial charge in [-0.2, -0.15) is 4.98 Å². The lowest BCUT2D eigenvalue weighted by atomic mass is 9.73. The van der Waals surface area contributed by atoms with Gasteiger partial charge in [-0.05, 0) is 48.1 Å². The molecule has 2 aromatic carbocycles. The predicted octanol–water partition coefficient (Wildman–Crippen LogP) is 7.32. The maximum Gasteiger partial charge on any atom is 0.227 e. The highest BCUT2D eigenvalue weighted by Crippen LogP contribution is 2.45. The first-order chi connectivity index (χ1) is 17.2. The average Bonchev–Trinajstić information content (AvgIpc) is 3.23. The van der Waals surface area contributed by atoms with Crippen molar-refractivity contribution in [2.75, 3.05) is 11.1 Å². The summed E-state index contributed by atoms with van der Waals surface area (Å²) in [5.41, 5.74) is 3.45. The van der Waals surface area contributed by atoms with E-state index < -0.39 is 0 Å². The van der Waals surface area contributed by atoms with Crippen molar-refractivity contribution in [1.82, 2.24) is 14.8 Å². The number of carbonyl (C=O) groups is 1. The van der Waals surface area contributed by atoms with Crippen molar-refractivity contribution >= 4 is 46.7 Å². The van der Waals surface area contributed by atoms with Crippen molar-refractivity contribution in [3.05, 3.63) is 74.9 Å². The molecule has 1 aliphatic carbocycles. The average molecular weight is 544 g/mol. The van der Waals surface area contributed by atoms with Gasteiger partial charge in [0.1, 0.15) is 18.4 Å². The van der Waals surface area contributed by atoms with Crippen LogP contribution in [-0.4, -0.2) is 26.3 Å². The predicted molar refractivity (Wildman–Crippen MR) is 145 cm³/mol. The molecule has 1 N–H and O–H groups in total. The number of nitrogens with one attached hydrogen (secondary N) is 1. The normalized spacial score (nSPS) is 18.5. The van der Waals surface area contributed by atoms with Crippen molar-refractivity contribution < 1.29 is 9.53 Å². The topological polar surface area (TPSA) is 69.0 Å². The lowest BCUT2D eigenvalue weighted by molar-refractivity contribution is -0.118. The number of allylic oxidation sites excluding steroid dienone is 2. The van der Waals surface area contributed by atoms with E-state index in [9.17, 15) is 4.79 Å². The summed E-state index contributed by atoms with van der Waals surface area (Å²) in [6, 6.07) is 12.9. The standard InChI is InChI=1S/C27H28Cl2N4O2S/c1-4-11-36-26-31-25-30-21-13-27(2,3)14-22(34)23(21)24(33(25)32-26)16-6-9-19(10-7-16)35-15-17-5-8-18(28)12-20(17)29/h5-10,12,24H,4,11,13-15H2,1-3H3,(H,30,31,32). The number of fused-ring (bicyclic) bond motifs is 1. The van der Waals surface area contributed by atoms with E-state index in [0.29, 0.717) is 34.8 Å². The Morgan fingerprint density at radius 1 is 1.17 bits per heavy atom. The third-order valence-corrected chi connectivity index (χ3v) is 7.98. The van der Waals surface area contributed by atoms with E-state index in [0.717, 1.165) is 46.1 Å². The Morgan fingerprint density at radius 3 is 2.67 bits per heavy atom. The zero-order valence-electron chi connectivity index (χ0n) is 20.5. The van der Waals surface area contributed by atoms with Crippen LogP contribution < -0.4 is 10.1 Å². The molecular weight excluding hydrogens is 515 g/mol. The highest BCUT2D eigenvalue weighted by molar-refractivity contribution is 7.99. The summed E-state index contributed by atoms with van der Waals surface area (Å²) >= 11 is 13.9. The van der Waals surface area contributed by atoms with Crippen LogP contribution in [0.4, 0.5) is 5.95 Å². The summed E-state index contributed by atoms with van der Waals surface area (Å²) in [6.45, 7) is 6.73. The molecule has 1 aliphatic heterocycles. The van der Waals surface area contributed by atoms with Crippen LogP contribution in [0, 0.1) is 5.41 Å². The molecule has 1 atom stereocenters. The highest BCUT2D eigenvalue weighted by Gasteiger charge is 2.41. The number of carbonyl (C=O) groups excluding carboxylic acids is 1. The quantitative estimate of drug-likeness (QED) is 0.315. The SMILES string of the molecule is CCCSc1nc2n(n1)C(c1ccc(OCc3ccc(Cl)cc3Cl)cc1)C1=C(CC(C)(C)CC1=O)N2. The van der Waals surface area contributed by atoms with Crippen LogP contribution in [0.1, 0.15) is 57.2 Å². The van der Waals surface area contributed by atoms with Gasteiger partial charge < -0.3 is 10.1 Å². The first kappa shape index (κ1) is 25.2. The van der Waals surface area contributed by atoms with Crippen LogP contribution >= 0.6 is 35.0 Å². The van der Waals surface area contributed by atoms with Gasteiger partial charge in [0.15, 0.2) is 5.78 Å². The summed E-state index contributed by atoms with van der Waals surface area (Å²) in [5.74, 6) is 2.49. The lowest BCUT2D eigenvalue weighted by Crippen LogP contribution is -2.36. The molecule has 188 valence electrons. The summed E-state index contributed by atoms with van der Waals surface area (Å²) in [6.07, 6.45) is 2.34. The number of Topliss-reactive ketones (excluding diaryl/α,β-unsaturated/α-hetero) is 1. The molecule has 9 heteroatoms. The number of rotatable bonds is 7. The van der Waals surface area contributed by atoms with Crippen molar-refractivity contribution in [3.63, 3.8) is 0 Å². The second kappa shape index (κ2) is 10.1. The third kappa shape index (κ3) is 5.15. The number of anilines is 1. The number of aromatic nitrogens is 3. The van der Waals surface area contributed by atoms with Gasteiger partial charge in [0.25, 0.3) is 0 Å². The molecule has 5 rings (SSSR count). The minimum atomic E-state index is -0.330. The monoisotopic (exact) mass is 542 g/mol. The molecular formula is C27H28Cl2N4O2S. The Bertz CT molecular complexity index is 1330. The Hall–Kier alpha value is -2.48. The number of halogens is 2. The molecule has 2 aliphatic rings. The van der Waals surface area contributed by atoms with Crippen molar-refractivity contribution in [2.45, 2.75) is 57.8 Å². The number of thioether (sulfide) groups is 1. The van der Waals surface area contributed by atoms with E-state index in [4.69, 9.17) is 38.0 Å². The van der Waals surface area contributed by atoms with E-state index in [2.05, 4.69) is 26.1 Å². The second-order valence-electron chi connectivity index (χ2n) is 9.97. The minimum Gasteiger partial charge on any atom is -0.489 e. The number of ketones is 1. The zero-order chi connectivity index (χ0) is 25.4. The van der Waals surface area contributed by atoms with Gasteiger partial charge in [-0.1, -0.05) is 73.9 Å². The van der Waals surface area contributed by atoms with Gasteiger partial charge in [0.05, 0.1) is 0 Å². The molecule has 1 aromatic heterocycles. The number of nitrogens with zero attached hydrogens (tertiary/aromatic N) is 3. The van der Waals surface area contributed by atoms with Crippen LogP contribution in [-0.2, 0) is 11.4 Å². The Kier molecular flexibility index (Phi) is 7.07. The minimum absolute atomic E-state index is 0.101. The van der Waals surface area contributed by atoms with Crippen LogP contribution in [0.25, 0.3) is 0 Å². The molecule has 2 heterocycles. The second-order valence-corrected chi connectivity index (χ2v) is 11.9. The van der Waals surface area contributed by atoms with Gasteiger partial charge in [-0.15, -0.1) is 5.10 Å². The fourth-order valence-corrected chi connectivity index (χ4v) is 5.84. The first-order valence-electron chi connectivity index (χ1n) is 12.0. The summed E-state index contributed by atoms with van der Waals surface area (Å²) in [7, 11) is 0. The van der Waals surface area contributed by atoms with Gasteiger partial charge in [-0.3, -0.25) is 4.79 Å². The molecule has 0 radical (unpaired) electrons. The van der Waals surface area contributed by atoms with Crippen molar-refractivity contribution in [1.29, 1.82) is 0 Å². The molecule has 0 spiro atoms. The maximum atomic E-state index is 13.4. The molecule has 3 aromatic rings. The van der Waals surface area contributed by atoms with Crippen molar-refractivity contribution in [3.8, 4) is 5.75 Å². The summed E-state index contributed by atoms with van der Waals surface area (Å²) < 4.78 is 7.83. The number of ether oxygens (including phenoxy) is 1. The van der Waals surface area contributed by atoms with E-state index in [1.165, 1.54) is 0 Å². The molecule has 6 nitrogen and oxygen atoms in total. The fraction of sp³-hybridized carbons (Fsp3) is 0.370. The van der Waals surface area contributed by atoms with Crippen LogP contribution in [0.3, 0.4) is 0 Å². The van der Waals surface area contributed by atoms with E-state index in [1.54, 1.807) is 23.9 Å². The number of hydrogen-bond acceptors (Lipinski definition) is 6. The number of benzene rings is 2. The smallest absolute Gasteiger partial charge is 0.227 e. The highest BCUT2D eigenvalue weighted by atomic mass is 35.5. The molecule has 0 saturated carbocycles. The fourth-order valence-electron chi connectivity index (χ4n) is 4.70. The molecule has 0 fully saturated rings. The molecule has 0 amide bonds. The van der Waals surface area contributed by atoms with Crippen LogP contribution in [0.5, 0.6) is 5.75 Å². The Morgan fingerprint density at radius 2 is 1.94 bits per heavy atom. The molecule has 0 saturated heterocycles. The summed E-state index contributed by atoms with van der Waals surface area (Å²) in [5, 5.41) is 10.1. The largest absolute Gasteiger partial charge is 0.489 e. The van der Waals surface area contributed by atoms with Gasteiger partial charge in [0, 0.05) is 39.1 Å². The number of hydrogen-bond donors (Lipinski definition) is 1. The van der Waals surface area contributed by atoms with E-state index >= 15 is 0 Å². The molecule has 0 bridgehead atoms. The summed E-state index contributed by atoms with van der Waals surface area (Å²) in [4.78, 5) is 18.1. The van der Waals surface area contributed by atoms with Crippen LogP contribution in [0.2, 0.25) is 10.0 Å². The lowest BCUT2D eigenvalue weighted by Gasteiger charge is -2.38. The van der Waals surface area contributed by atoms with Gasteiger partial charge in [-0.25, -0.2) is 4.68 Å². The van der Waals surface area contributed by atoms with Crippen LogP contribution in [0.15, 0.2) is 58.9 Å². The van der Waals surface area contributed by atoms with Gasteiger partial charge in [0.2, 0.25) is 11.1 Å². The zero-order valence-corrected chi connectivity index (χ0v) is 22.8.